The van der Waals surface area contributed by atoms with E-state index in [1.807, 2.05) is 12.4 Å². The number of carbonyl (C=O) groups is 3. The van der Waals surface area contributed by atoms with E-state index in [4.69, 9.17) is 19.4 Å². The maximum Gasteiger partial charge on any atom is 0.246 e. The largest absolute Gasteiger partial charge is 0.379 e. The van der Waals surface area contributed by atoms with Crippen LogP contribution in [0.4, 0.5) is 0 Å². The lowest BCUT2D eigenvalue weighted by Crippen LogP contribution is -2.28. The van der Waals surface area contributed by atoms with Crippen LogP contribution in [0.5, 0.6) is 0 Å². The fourth-order valence-corrected chi connectivity index (χ4v) is 5.92. The number of hydroxylamine groups is 1. The van der Waals surface area contributed by atoms with Gasteiger partial charge in [0, 0.05) is 32.3 Å². The van der Waals surface area contributed by atoms with E-state index in [9.17, 15) is 14.4 Å². The quantitative estimate of drug-likeness (QED) is 0.0228. The average molecular weight is 655 g/mol. The van der Waals surface area contributed by atoms with Crippen LogP contribution in [0, 0.1) is 18.8 Å². The maximum atomic E-state index is 13.2. The minimum Gasteiger partial charge on any atom is -0.379 e. The maximum absolute atomic E-state index is 13.2. The Bertz CT molecular complexity index is 717. The molecule has 271 valence electrons. The van der Waals surface area contributed by atoms with Crippen LogP contribution in [-0.2, 0) is 28.6 Å². The van der Waals surface area contributed by atoms with Crippen LogP contribution in [0.2, 0.25) is 0 Å². The van der Waals surface area contributed by atoms with Crippen molar-refractivity contribution < 1.29 is 33.8 Å². The van der Waals surface area contributed by atoms with Crippen LogP contribution >= 0.6 is 0 Å². The van der Waals surface area contributed by atoms with Crippen LogP contribution in [0.3, 0.4) is 0 Å². The standard InChI is InChI=1S/C38H72NO7/c1-5-8-10-12-13-14-15-16-17-18-23-27-36(40)35(29-30-45-33(4)46-32-31-44-7-3)37(41)28-24-20-19-22-26-34(38(42)39-43)25-21-11-9-6-2/h33-35,43H,4-32H2,1-3H3,(H,39,42). The van der Waals surface area contributed by atoms with Gasteiger partial charge in [-0.3, -0.25) is 19.6 Å². The average Bonchev–Trinajstić information content (AvgIpc) is 3.05. The van der Waals surface area contributed by atoms with E-state index >= 15 is 0 Å². The molecule has 0 rings (SSSR count). The van der Waals surface area contributed by atoms with Gasteiger partial charge >= 0.3 is 0 Å². The molecule has 0 aromatic carbocycles. The zero-order chi connectivity index (χ0) is 34.1. The molecule has 3 atom stereocenters. The Morgan fingerprint density at radius 3 is 1.50 bits per heavy atom. The van der Waals surface area contributed by atoms with Gasteiger partial charge in [-0.25, -0.2) is 5.48 Å². The zero-order valence-corrected chi connectivity index (χ0v) is 30.1. The van der Waals surface area contributed by atoms with E-state index in [2.05, 4.69) is 20.8 Å². The summed E-state index contributed by atoms with van der Waals surface area (Å²) in [7, 11) is 0. The Labute approximate surface area is 282 Å². The van der Waals surface area contributed by atoms with E-state index < -0.39 is 12.2 Å². The lowest BCUT2D eigenvalue weighted by atomic mass is 9.89. The summed E-state index contributed by atoms with van der Waals surface area (Å²) in [6.07, 6.45) is 23.3. The van der Waals surface area contributed by atoms with Crippen molar-refractivity contribution in [2.45, 2.75) is 181 Å². The summed E-state index contributed by atoms with van der Waals surface area (Å²) in [6, 6.07) is 0. The van der Waals surface area contributed by atoms with Crippen LogP contribution in [0.1, 0.15) is 175 Å². The van der Waals surface area contributed by atoms with Crippen molar-refractivity contribution in [1.82, 2.24) is 5.48 Å². The van der Waals surface area contributed by atoms with Crippen LogP contribution < -0.4 is 5.48 Å². The van der Waals surface area contributed by atoms with Crippen molar-refractivity contribution in [1.29, 1.82) is 0 Å². The number of carbonyl (C=O) groups excluding carboxylic acids is 3. The molecule has 46 heavy (non-hydrogen) atoms. The molecule has 0 aromatic rings. The van der Waals surface area contributed by atoms with E-state index in [0.717, 1.165) is 83.5 Å². The molecule has 3 unspecified atom stereocenters. The molecule has 8 heteroatoms. The van der Waals surface area contributed by atoms with E-state index in [0.29, 0.717) is 39.1 Å². The Balaban J connectivity index is 4.58. The Morgan fingerprint density at radius 1 is 0.587 bits per heavy atom. The number of Topliss-reactive ketones (excluding diaryl/α,β-unsaturated/α-hetero) is 2. The first-order valence-electron chi connectivity index (χ1n) is 19.0. The highest BCUT2D eigenvalue weighted by molar-refractivity contribution is 6.02. The molecule has 0 aliphatic carbocycles. The first-order chi connectivity index (χ1) is 22.4. The van der Waals surface area contributed by atoms with Crippen molar-refractivity contribution in [3.05, 3.63) is 6.92 Å². The predicted molar refractivity (Wildman–Crippen MR) is 187 cm³/mol. The lowest BCUT2D eigenvalue weighted by Gasteiger charge is -2.18. The smallest absolute Gasteiger partial charge is 0.246 e. The molecule has 8 nitrogen and oxygen atoms in total. The SMILES string of the molecule is [CH2]C(OCCOCC)OCCC(C(=O)CCCCCCCCCCCCC)C(=O)CCCCCCC(CCCCCC)C(=O)NO. The molecule has 1 amide bonds. The van der Waals surface area contributed by atoms with Gasteiger partial charge in [0.05, 0.1) is 25.7 Å². The minimum atomic E-state index is -0.665. The minimum absolute atomic E-state index is 0.00279. The van der Waals surface area contributed by atoms with Gasteiger partial charge in [-0.05, 0) is 39.0 Å². The number of ether oxygens (including phenoxy) is 3. The fraction of sp³-hybridized carbons (Fsp3) is 0.895. The molecule has 2 N–H and O–H groups in total. The topological polar surface area (TPSA) is 111 Å². The summed E-state index contributed by atoms with van der Waals surface area (Å²) in [5.74, 6) is -1.07. The highest BCUT2D eigenvalue weighted by Crippen LogP contribution is 2.21. The highest BCUT2D eigenvalue weighted by Gasteiger charge is 2.25. The molecule has 0 aromatic heterocycles. The van der Waals surface area contributed by atoms with E-state index in [1.165, 1.54) is 51.4 Å². The molecular weight excluding hydrogens is 582 g/mol. The summed E-state index contributed by atoms with van der Waals surface area (Å²) >= 11 is 0. The van der Waals surface area contributed by atoms with Gasteiger partial charge in [0.25, 0.3) is 0 Å². The second-order valence-corrected chi connectivity index (χ2v) is 12.9. The Morgan fingerprint density at radius 2 is 1.02 bits per heavy atom. The first-order valence-corrected chi connectivity index (χ1v) is 19.0. The molecule has 0 fully saturated rings. The van der Waals surface area contributed by atoms with Gasteiger partial charge in [0.1, 0.15) is 11.6 Å². The highest BCUT2D eigenvalue weighted by atomic mass is 16.7. The van der Waals surface area contributed by atoms with Crippen molar-refractivity contribution in [2.75, 3.05) is 26.4 Å². The molecular formula is C38H72NO7. The molecule has 0 bridgehead atoms. The van der Waals surface area contributed by atoms with Gasteiger partial charge in [-0.2, -0.15) is 0 Å². The molecule has 0 heterocycles. The molecule has 1 radical (unpaired) electrons. The number of unbranched alkanes of at least 4 members (excludes halogenated alkanes) is 16. The lowest BCUT2D eigenvalue weighted by molar-refractivity contribution is -0.140. The number of hydrogen-bond acceptors (Lipinski definition) is 7. The molecule has 0 saturated heterocycles. The van der Waals surface area contributed by atoms with Crippen molar-refractivity contribution in [3.8, 4) is 0 Å². The summed E-state index contributed by atoms with van der Waals surface area (Å²) in [5.41, 5.74) is 1.83. The summed E-state index contributed by atoms with van der Waals surface area (Å²) < 4.78 is 16.4. The van der Waals surface area contributed by atoms with E-state index in [-0.39, 0.29) is 30.0 Å². The monoisotopic (exact) mass is 655 g/mol. The number of rotatable bonds is 36. The third kappa shape index (κ3) is 26.7. The normalized spacial score (nSPS) is 13.4. The molecule has 0 saturated carbocycles. The van der Waals surface area contributed by atoms with Gasteiger partial charge in [0.2, 0.25) is 5.91 Å². The predicted octanol–water partition coefficient (Wildman–Crippen LogP) is 9.49. The fourth-order valence-electron chi connectivity index (χ4n) is 5.92. The van der Waals surface area contributed by atoms with E-state index in [1.54, 1.807) is 0 Å². The van der Waals surface area contributed by atoms with Crippen molar-refractivity contribution in [2.24, 2.45) is 11.8 Å². The molecule has 0 aliphatic heterocycles. The van der Waals surface area contributed by atoms with Crippen LogP contribution in [0.15, 0.2) is 0 Å². The van der Waals surface area contributed by atoms with Gasteiger partial charge < -0.3 is 14.2 Å². The van der Waals surface area contributed by atoms with Crippen molar-refractivity contribution in [3.63, 3.8) is 0 Å². The first kappa shape index (κ1) is 44.6. The third-order valence-electron chi connectivity index (χ3n) is 8.86. The van der Waals surface area contributed by atoms with Gasteiger partial charge in [-0.1, -0.05) is 123 Å². The van der Waals surface area contributed by atoms with Crippen LogP contribution in [-0.4, -0.2) is 55.4 Å². The zero-order valence-electron chi connectivity index (χ0n) is 30.1. The van der Waals surface area contributed by atoms with Crippen LogP contribution in [0.25, 0.3) is 0 Å². The second-order valence-electron chi connectivity index (χ2n) is 12.9. The molecule has 0 aliphatic rings. The Hall–Kier alpha value is -1.35. The second kappa shape index (κ2) is 33.5. The summed E-state index contributed by atoms with van der Waals surface area (Å²) in [4.78, 5) is 38.5. The summed E-state index contributed by atoms with van der Waals surface area (Å²) in [6.45, 7) is 11.9. The molecule has 0 spiro atoms. The van der Waals surface area contributed by atoms with Gasteiger partial charge in [0.15, 0.2) is 6.29 Å². The third-order valence-corrected chi connectivity index (χ3v) is 8.86. The number of amides is 1. The number of nitrogens with one attached hydrogen (secondary N) is 1. The van der Waals surface area contributed by atoms with Crippen molar-refractivity contribution >= 4 is 17.5 Å². The number of ketones is 2. The Kier molecular flexibility index (Phi) is 32.6. The summed E-state index contributed by atoms with van der Waals surface area (Å²) in [5, 5.41) is 9.11. The van der Waals surface area contributed by atoms with Gasteiger partial charge in [-0.15, -0.1) is 0 Å². The number of hydrogen-bond donors (Lipinski definition) is 2.